The summed E-state index contributed by atoms with van der Waals surface area (Å²) < 4.78 is 52.0. The fourth-order valence-corrected chi connectivity index (χ4v) is 2.24. The van der Waals surface area contributed by atoms with E-state index >= 15 is 0 Å². The Hall–Kier alpha value is -1.56. The van der Waals surface area contributed by atoms with Crippen LogP contribution in [-0.4, -0.2) is 0 Å². The van der Waals surface area contributed by atoms with Crippen molar-refractivity contribution in [1.82, 2.24) is 0 Å². The molecule has 0 aromatic heterocycles. The number of hydrogen-bond donors (Lipinski definition) is 1. The highest BCUT2D eigenvalue weighted by molar-refractivity contribution is 9.10. The van der Waals surface area contributed by atoms with Gasteiger partial charge in [0.05, 0.1) is 5.56 Å². The molecule has 0 saturated heterocycles. The Labute approximate surface area is 128 Å². The molecule has 0 spiro atoms. The first kappa shape index (κ1) is 15.8. The number of aryl methyl sites for hydroxylation is 1. The first-order valence-electron chi connectivity index (χ1n) is 6.13. The molecule has 0 heterocycles. The van der Waals surface area contributed by atoms with Crippen LogP contribution in [0.4, 0.5) is 23.2 Å². The van der Waals surface area contributed by atoms with Crippen LogP contribution in [0.25, 0.3) is 0 Å². The highest BCUT2D eigenvalue weighted by atomic mass is 79.9. The average molecular weight is 362 g/mol. The van der Waals surface area contributed by atoms with Crippen LogP contribution in [0.2, 0.25) is 0 Å². The van der Waals surface area contributed by atoms with E-state index < -0.39 is 17.6 Å². The first-order valence-corrected chi connectivity index (χ1v) is 6.92. The Morgan fingerprint density at radius 1 is 1.10 bits per heavy atom. The fourth-order valence-electron chi connectivity index (χ4n) is 1.86. The van der Waals surface area contributed by atoms with E-state index in [4.69, 9.17) is 0 Å². The second-order valence-corrected chi connectivity index (χ2v) is 5.47. The average Bonchev–Trinajstić information content (AvgIpc) is 2.40. The van der Waals surface area contributed by atoms with Crippen LogP contribution in [0.5, 0.6) is 0 Å². The second-order valence-electron chi connectivity index (χ2n) is 4.62. The van der Waals surface area contributed by atoms with Gasteiger partial charge in [-0.25, -0.2) is 4.39 Å². The van der Waals surface area contributed by atoms with Crippen molar-refractivity contribution in [3.8, 4) is 0 Å². The summed E-state index contributed by atoms with van der Waals surface area (Å²) >= 11 is 3.28. The Morgan fingerprint density at radius 3 is 2.48 bits per heavy atom. The van der Waals surface area contributed by atoms with Crippen molar-refractivity contribution < 1.29 is 17.6 Å². The maximum Gasteiger partial charge on any atom is 0.416 e. The molecule has 6 heteroatoms. The number of alkyl halides is 3. The van der Waals surface area contributed by atoms with Gasteiger partial charge < -0.3 is 5.32 Å². The molecule has 0 saturated carbocycles. The van der Waals surface area contributed by atoms with Gasteiger partial charge >= 0.3 is 6.18 Å². The Morgan fingerprint density at radius 2 is 1.81 bits per heavy atom. The fraction of sp³-hybridized carbons (Fsp3) is 0.200. The third kappa shape index (κ3) is 3.97. The molecule has 1 N–H and O–H groups in total. The van der Waals surface area contributed by atoms with E-state index in [1.807, 2.05) is 0 Å². The molecule has 2 rings (SSSR count). The zero-order valence-electron chi connectivity index (χ0n) is 11.1. The third-order valence-electron chi connectivity index (χ3n) is 3.04. The number of nitrogens with one attached hydrogen (secondary N) is 1. The lowest BCUT2D eigenvalue weighted by Crippen LogP contribution is -2.08. The Bertz CT molecular complexity index is 653. The summed E-state index contributed by atoms with van der Waals surface area (Å²) in [5.41, 5.74) is 0.984. The molecule has 0 fully saturated rings. The van der Waals surface area contributed by atoms with Crippen LogP contribution in [0.15, 0.2) is 40.9 Å². The number of hydrogen-bond acceptors (Lipinski definition) is 1. The molecule has 0 aliphatic rings. The number of anilines is 1. The van der Waals surface area contributed by atoms with Crippen molar-refractivity contribution in [3.63, 3.8) is 0 Å². The van der Waals surface area contributed by atoms with E-state index in [1.165, 1.54) is 18.2 Å². The number of halogens is 5. The minimum Gasteiger partial charge on any atom is -0.381 e. The summed E-state index contributed by atoms with van der Waals surface area (Å²) in [6.45, 7) is 1.93. The summed E-state index contributed by atoms with van der Waals surface area (Å²) in [6, 6.07) is 7.71. The normalized spacial score (nSPS) is 11.5. The van der Waals surface area contributed by atoms with Crippen molar-refractivity contribution in [2.45, 2.75) is 19.6 Å². The van der Waals surface area contributed by atoms with Crippen LogP contribution >= 0.6 is 15.9 Å². The van der Waals surface area contributed by atoms with E-state index in [9.17, 15) is 17.6 Å². The molecular weight excluding hydrogens is 350 g/mol. The van der Waals surface area contributed by atoms with Crippen molar-refractivity contribution in [2.75, 3.05) is 5.32 Å². The topological polar surface area (TPSA) is 12.0 Å². The predicted octanol–water partition coefficient (Wildman–Crippen LogP) is 5.53. The number of rotatable bonds is 3. The summed E-state index contributed by atoms with van der Waals surface area (Å²) in [7, 11) is 0. The molecule has 0 radical (unpaired) electrons. The molecule has 0 amide bonds. The quantitative estimate of drug-likeness (QED) is 0.709. The third-order valence-corrected chi connectivity index (χ3v) is 3.82. The van der Waals surface area contributed by atoms with Gasteiger partial charge in [-0.05, 0) is 48.4 Å². The molecule has 0 bridgehead atoms. The van der Waals surface area contributed by atoms with E-state index in [1.54, 1.807) is 13.0 Å². The SMILES string of the molecule is Cc1ccc(C(F)(F)F)cc1NCc1cc(F)ccc1Br. The predicted molar refractivity (Wildman–Crippen MR) is 77.6 cm³/mol. The molecule has 112 valence electrons. The zero-order valence-corrected chi connectivity index (χ0v) is 12.6. The summed E-state index contributed by atoms with van der Waals surface area (Å²) in [5.74, 6) is -0.393. The maximum absolute atomic E-state index is 13.2. The highest BCUT2D eigenvalue weighted by Crippen LogP contribution is 2.32. The van der Waals surface area contributed by atoms with E-state index in [2.05, 4.69) is 21.2 Å². The van der Waals surface area contributed by atoms with Crippen LogP contribution in [-0.2, 0) is 12.7 Å². The summed E-state index contributed by atoms with van der Waals surface area (Å²) in [6.07, 6.45) is -4.39. The van der Waals surface area contributed by atoms with Gasteiger partial charge in [-0.2, -0.15) is 13.2 Å². The first-order chi connectivity index (χ1) is 9.77. The van der Waals surface area contributed by atoms with Crippen LogP contribution < -0.4 is 5.32 Å². The van der Waals surface area contributed by atoms with Crippen molar-refractivity contribution in [2.24, 2.45) is 0 Å². The molecule has 0 aliphatic carbocycles. The lowest BCUT2D eigenvalue weighted by Gasteiger charge is -2.14. The molecular formula is C15H12BrF4N. The van der Waals surface area contributed by atoms with Crippen LogP contribution in [0.1, 0.15) is 16.7 Å². The largest absolute Gasteiger partial charge is 0.416 e. The van der Waals surface area contributed by atoms with Crippen molar-refractivity contribution in [3.05, 3.63) is 63.4 Å². The lowest BCUT2D eigenvalue weighted by molar-refractivity contribution is -0.137. The van der Waals surface area contributed by atoms with E-state index in [-0.39, 0.29) is 6.54 Å². The van der Waals surface area contributed by atoms with Gasteiger partial charge in [0, 0.05) is 16.7 Å². The molecule has 1 nitrogen and oxygen atoms in total. The molecule has 0 atom stereocenters. The van der Waals surface area contributed by atoms with Gasteiger partial charge in [-0.1, -0.05) is 22.0 Å². The van der Waals surface area contributed by atoms with Crippen LogP contribution in [0.3, 0.4) is 0 Å². The summed E-state index contributed by atoms with van der Waals surface area (Å²) in [4.78, 5) is 0. The molecule has 2 aromatic rings. The standard InChI is InChI=1S/C15H12BrF4N/c1-9-2-3-11(15(18,19)20)7-14(9)21-8-10-6-12(17)4-5-13(10)16/h2-7,21H,8H2,1H3. The molecule has 2 aromatic carbocycles. The second kappa shape index (κ2) is 6.05. The monoisotopic (exact) mass is 361 g/mol. The van der Waals surface area contributed by atoms with Gasteiger partial charge in [0.25, 0.3) is 0 Å². The van der Waals surface area contributed by atoms with Crippen molar-refractivity contribution >= 4 is 21.6 Å². The Kier molecular flexibility index (Phi) is 4.56. The van der Waals surface area contributed by atoms with Gasteiger partial charge in [-0.15, -0.1) is 0 Å². The van der Waals surface area contributed by atoms with Gasteiger partial charge in [0.15, 0.2) is 0 Å². The zero-order chi connectivity index (χ0) is 15.6. The van der Waals surface area contributed by atoms with Gasteiger partial charge in [-0.3, -0.25) is 0 Å². The molecule has 0 aliphatic heterocycles. The van der Waals surface area contributed by atoms with Crippen molar-refractivity contribution in [1.29, 1.82) is 0 Å². The van der Waals surface area contributed by atoms with E-state index in [0.717, 1.165) is 12.1 Å². The van der Waals surface area contributed by atoms with Crippen LogP contribution in [0, 0.1) is 12.7 Å². The minimum atomic E-state index is -4.39. The summed E-state index contributed by atoms with van der Waals surface area (Å²) in [5, 5.41) is 2.91. The smallest absolute Gasteiger partial charge is 0.381 e. The molecule has 0 unspecified atom stereocenters. The highest BCUT2D eigenvalue weighted by Gasteiger charge is 2.30. The molecule has 21 heavy (non-hydrogen) atoms. The van der Waals surface area contributed by atoms with Gasteiger partial charge in [0.2, 0.25) is 0 Å². The van der Waals surface area contributed by atoms with E-state index in [0.29, 0.717) is 21.3 Å². The lowest BCUT2D eigenvalue weighted by atomic mass is 10.1. The Balaban J connectivity index is 2.22. The van der Waals surface area contributed by atoms with Gasteiger partial charge in [0.1, 0.15) is 5.82 Å². The number of benzene rings is 2. The minimum absolute atomic E-state index is 0.223. The maximum atomic E-state index is 13.2.